The molecule has 1 saturated carbocycles. The summed E-state index contributed by atoms with van der Waals surface area (Å²) in [5.41, 5.74) is 4.13. The van der Waals surface area contributed by atoms with Crippen LogP contribution in [0, 0.1) is 0 Å². The molecule has 0 N–H and O–H groups in total. The maximum atomic E-state index is 4.18. The molecule has 0 aliphatic heterocycles. The van der Waals surface area contributed by atoms with Crippen LogP contribution in [0.1, 0.15) is 23.0 Å². The van der Waals surface area contributed by atoms with Gasteiger partial charge in [-0.25, -0.2) is 0 Å². The molecule has 0 saturated heterocycles. The second kappa shape index (κ2) is 3.64. The predicted molar refractivity (Wildman–Crippen MR) is 67.5 cm³/mol. The van der Waals surface area contributed by atoms with E-state index in [-0.39, 0.29) is 0 Å². The molecule has 1 aliphatic carbocycles. The molecule has 78 valence electrons. The van der Waals surface area contributed by atoms with Crippen molar-refractivity contribution in [2.75, 3.05) is 0 Å². The maximum Gasteiger partial charge on any atom is 0.0158 e. The minimum atomic E-state index is 0.531. The van der Waals surface area contributed by atoms with E-state index in [9.17, 15) is 0 Å². The van der Waals surface area contributed by atoms with Crippen LogP contribution in [-0.2, 0) is 0 Å². The Kier molecular flexibility index (Phi) is 2.14. The molecular formula is C16H14. The molecule has 16 heavy (non-hydrogen) atoms. The SMILES string of the molecule is C=C1[C@H](c2ccccc2)[C@@H]1c1ccccc1. The van der Waals surface area contributed by atoms with E-state index in [0.29, 0.717) is 11.8 Å². The number of hydrogen-bond acceptors (Lipinski definition) is 0. The van der Waals surface area contributed by atoms with Crippen LogP contribution < -0.4 is 0 Å². The van der Waals surface area contributed by atoms with Crippen molar-refractivity contribution in [3.63, 3.8) is 0 Å². The van der Waals surface area contributed by atoms with E-state index >= 15 is 0 Å². The molecule has 0 heterocycles. The molecule has 0 amide bonds. The fourth-order valence-electron chi connectivity index (χ4n) is 2.45. The van der Waals surface area contributed by atoms with E-state index in [0.717, 1.165) is 0 Å². The van der Waals surface area contributed by atoms with Gasteiger partial charge in [0.2, 0.25) is 0 Å². The topological polar surface area (TPSA) is 0 Å². The van der Waals surface area contributed by atoms with Crippen LogP contribution in [0.2, 0.25) is 0 Å². The Morgan fingerprint density at radius 3 is 1.38 bits per heavy atom. The molecule has 2 aromatic carbocycles. The number of benzene rings is 2. The average molecular weight is 206 g/mol. The Hall–Kier alpha value is -1.82. The van der Waals surface area contributed by atoms with Gasteiger partial charge in [-0.2, -0.15) is 0 Å². The average Bonchev–Trinajstić information content (AvgIpc) is 3.03. The zero-order chi connectivity index (χ0) is 11.0. The van der Waals surface area contributed by atoms with Gasteiger partial charge >= 0.3 is 0 Å². The second-order valence-electron chi connectivity index (χ2n) is 4.35. The first-order valence-corrected chi connectivity index (χ1v) is 5.66. The first-order valence-electron chi connectivity index (χ1n) is 5.66. The molecule has 0 bridgehead atoms. The van der Waals surface area contributed by atoms with Gasteiger partial charge in [-0.1, -0.05) is 72.8 Å². The third-order valence-corrected chi connectivity index (χ3v) is 3.34. The molecular weight excluding hydrogens is 192 g/mol. The first kappa shape index (κ1) is 9.41. The molecule has 1 fully saturated rings. The van der Waals surface area contributed by atoms with E-state index < -0.39 is 0 Å². The standard InChI is InChI=1S/C16H14/c1-12-15(13-8-4-2-5-9-13)16(12)14-10-6-3-7-11-14/h2-11,15-16H,1H2/t15-,16+. The summed E-state index contributed by atoms with van der Waals surface area (Å²) in [7, 11) is 0. The highest BCUT2D eigenvalue weighted by molar-refractivity contribution is 5.53. The highest BCUT2D eigenvalue weighted by Gasteiger charge is 2.43. The van der Waals surface area contributed by atoms with Crippen molar-refractivity contribution in [3.8, 4) is 0 Å². The number of rotatable bonds is 2. The summed E-state index contributed by atoms with van der Waals surface area (Å²) in [5.74, 6) is 1.06. The highest BCUT2D eigenvalue weighted by Crippen LogP contribution is 2.58. The fourth-order valence-corrected chi connectivity index (χ4v) is 2.45. The molecule has 1 aliphatic rings. The van der Waals surface area contributed by atoms with Crippen molar-refractivity contribution in [2.45, 2.75) is 11.8 Å². The Morgan fingerprint density at radius 1 is 0.625 bits per heavy atom. The zero-order valence-electron chi connectivity index (χ0n) is 9.14. The van der Waals surface area contributed by atoms with Gasteiger partial charge in [0.1, 0.15) is 0 Å². The van der Waals surface area contributed by atoms with E-state index in [1.807, 2.05) is 0 Å². The number of hydrogen-bond donors (Lipinski definition) is 0. The van der Waals surface area contributed by atoms with Crippen molar-refractivity contribution in [3.05, 3.63) is 83.9 Å². The molecule has 0 heteroatoms. The smallest absolute Gasteiger partial charge is 0.0158 e. The summed E-state index contributed by atoms with van der Waals surface area (Å²) >= 11 is 0. The second-order valence-corrected chi connectivity index (χ2v) is 4.35. The molecule has 0 unspecified atom stereocenters. The van der Waals surface area contributed by atoms with Gasteiger partial charge in [0.05, 0.1) is 0 Å². The van der Waals surface area contributed by atoms with Crippen molar-refractivity contribution in [1.29, 1.82) is 0 Å². The Morgan fingerprint density at radius 2 is 1.00 bits per heavy atom. The lowest BCUT2D eigenvalue weighted by atomic mass is 10.0. The summed E-state index contributed by atoms with van der Waals surface area (Å²) in [6.45, 7) is 4.18. The summed E-state index contributed by atoms with van der Waals surface area (Å²) in [5, 5.41) is 0. The van der Waals surface area contributed by atoms with E-state index in [4.69, 9.17) is 0 Å². The maximum absolute atomic E-state index is 4.18. The lowest BCUT2D eigenvalue weighted by Crippen LogP contribution is -1.82. The molecule has 0 nitrogen and oxygen atoms in total. The summed E-state index contributed by atoms with van der Waals surface area (Å²) in [6, 6.07) is 21.3. The Balaban J connectivity index is 1.90. The Bertz CT molecular complexity index is 449. The lowest BCUT2D eigenvalue weighted by Gasteiger charge is -1.99. The molecule has 0 spiro atoms. The van der Waals surface area contributed by atoms with Gasteiger partial charge in [0, 0.05) is 11.8 Å². The molecule has 0 radical (unpaired) electrons. The van der Waals surface area contributed by atoms with Crippen LogP contribution in [0.3, 0.4) is 0 Å². The molecule has 3 rings (SSSR count). The fraction of sp³-hybridized carbons (Fsp3) is 0.125. The van der Waals surface area contributed by atoms with Crippen molar-refractivity contribution >= 4 is 0 Å². The predicted octanol–water partition coefficient (Wildman–Crippen LogP) is 4.12. The number of allylic oxidation sites excluding steroid dienone is 1. The molecule has 2 aromatic rings. The van der Waals surface area contributed by atoms with Crippen LogP contribution in [0.4, 0.5) is 0 Å². The third kappa shape index (κ3) is 1.47. The quantitative estimate of drug-likeness (QED) is 0.648. The highest BCUT2D eigenvalue weighted by atomic mass is 14.5. The third-order valence-electron chi connectivity index (χ3n) is 3.34. The van der Waals surface area contributed by atoms with E-state index in [2.05, 4.69) is 67.2 Å². The van der Waals surface area contributed by atoms with Gasteiger partial charge < -0.3 is 0 Å². The normalized spacial score (nSPS) is 23.1. The van der Waals surface area contributed by atoms with Crippen LogP contribution in [0.25, 0.3) is 0 Å². The summed E-state index contributed by atoms with van der Waals surface area (Å²) < 4.78 is 0. The Labute approximate surface area is 96.3 Å². The van der Waals surface area contributed by atoms with Crippen LogP contribution in [-0.4, -0.2) is 0 Å². The lowest BCUT2D eigenvalue weighted by molar-refractivity contribution is 1.03. The zero-order valence-corrected chi connectivity index (χ0v) is 9.14. The summed E-state index contributed by atoms with van der Waals surface area (Å²) in [6.07, 6.45) is 0. The van der Waals surface area contributed by atoms with Crippen LogP contribution >= 0.6 is 0 Å². The van der Waals surface area contributed by atoms with Gasteiger partial charge in [-0.3, -0.25) is 0 Å². The summed E-state index contributed by atoms with van der Waals surface area (Å²) in [4.78, 5) is 0. The minimum Gasteiger partial charge on any atom is -0.0986 e. The van der Waals surface area contributed by atoms with Gasteiger partial charge in [-0.15, -0.1) is 0 Å². The van der Waals surface area contributed by atoms with Crippen molar-refractivity contribution < 1.29 is 0 Å². The van der Waals surface area contributed by atoms with E-state index in [1.165, 1.54) is 16.7 Å². The van der Waals surface area contributed by atoms with Gasteiger partial charge in [-0.05, 0) is 11.1 Å². The van der Waals surface area contributed by atoms with Crippen LogP contribution in [0.5, 0.6) is 0 Å². The molecule has 0 aromatic heterocycles. The van der Waals surface area contributed by atoms with Crippen LogP contribution in [0.15, 0.2) is 72.8 Å². The van der Waals surface area contributed by atoms with E-state index in [1.54, 1.807) is 0 Å². The molecule has 2 atom stereocenters. The van der Waals surface area contributed by atoms with Gasteiger partial charge in [0.15, 0.2) is 0 Å². The largest absolute Gasteiger partial charge is 0.0986 e. The monoisotopic (exact) mass is 206 g/mol. The minimum absolute atomic E-state index is 0.531. The van der Waals surface area contributed by atoms with Crippen molar-refractivity contribution in [2.24, 2.45) is 0 Å². The first-order chi connectivity index (χ1) is 7.88. The van der Waals surface area contributed by atoms with Gasteiger partial charge in [0.25, 0.3) is 0 Å². The van der Waals surface area contributed by atoms with Crippen molar-refractivity contribution in [1.82, 2.24) is 0 Å².